The highest BCUT2D eigenvalue weighted by Crippen LogP contribution is 2.35. The fraction of sp³-hybridized carbons (Fsp3) is 0.148. The number of pyridine rings is 2. The van der Waals surface area contributed by atoms with E-state index in [1.165, 1.54) is 0 Å². The number of benzene rings is 2. The molecule has 5 aromatic heterocycles. The number of fused-ring (bicyclic) bond motifs is 8. The standard InChI is InChI=1S/C54H44N6O2/c1-5-35(3)61-41-13-9-39(10-14-41)53-49-23-19-45(57-49)43(17-7-37-27-31-55-32-28-37)47-21-25-51(59-47)54(40-11-15-42(16-12-40)62-36(4)6-2)52-26-22-48(60-52)44(46-20-24-50(53)58-46)18-8-38-29-33-56-34-30-38/h9-16,19-36,57,60H,5-6H2,1-4H3/t35-,36-/m1/s1. The third-order valence-electron chi connectivity index (χ3n) is 10.9. The van der Waals surface area contributed by atoms with Crippen LogP contribution in [0.2, 0.25) is 0 Å². The maximum absolute atomic E-state index is 6.17. The molecule has 0 unspecified atom stereocenters. The van der Waals surface area contributed by atoms with Crippen molar-refractivity contribution in [2.45, 2.75) is 52.7 Å². The van der Waals surface area contributed by atoms with Crippen molar-refractivity contribution in [3.63, 3.8) is 0 Å². The molecule has 8 heteroatoms. The van der Waals surface area contributed by atoms with Crippen LogP contribution < -0.4 is 9.47 Å². The van der Waals surface area contributed by atoms with Crippen LogP contribution in [0.3, 0.4) is 0 Å². The summed E-state index contributed by atoms with van der Waals surface area (Å²) in [6, 6.07) is 32.4. The lowest BCUT2D eigenvalue weighted by atomic mass is 10.0. The molecule has 0 fully saturated rings. The number of hydrogen-bond acceptors (Lipinski definition) is 6. The van der Waals surface area contributed by atoms with Crippen molar-refractivity contribution in [2.24, 2.45) is 0 Å². The molecule has 9 rings (SSSR count). The van der Waals surface area contributed by atoms with Crippen molar-refractivity contribution in [1.29, 1.82) is 0 Å². The molecule has 8 nitrogen and oxygen atoms in total. The molecule has 2 N–H and O–H groups in total. The van der Waals surface area contributed by atoms with E-state index in [1.54, 1.807) is 24.8 Å². The first kappa shape index (κ1) is 39.5. The van der Waals surface area contributed by atoms with E-state index >= 15 is 0 Å². The molecule has 0 saturated carbocycles. The fourth-order valence-corrected chi connectivity index (χ4v) is 7.25. The van der Waals surface area contributed by atoms with E-state index in [1.807, 2.05) is 60.7 Å². The quantitative estimate of drug-likeness (QED) is 0.148. The van der Waals surface area contributed by atoms with Gasteiger partial charge >= 0.3 is 0 Å². The van der Waals surface area contributed by atoms with Crippen molar-refractivity contribution in [3.8, 4) is 57.4 Å². The van der Waals surface area contributed by atoms with Gasteiger partial charge in [-0.25, -0.2) is 9.97 Å². The molecule has 302 valence electrons. The summed E-state index contributed by atoms with van der Waals surface area (Å²) in [5.74, 6) is 15.3. The Labute approximate surface area is 361 Å². The topological polar surface area (TPSA) is 102 Å². The van der Waals surface area contributed by atoms with Crippen molar-refractivity contribution in [1.82, 2.24) is 29.9 Å². The van der Waals surface area contributed by atoms with E-state index in [-0.39, 0.29) is 12.2 Å². The molecule has 2 aliphatic heterocycles. The Kier molecular flexibility index (Phi) is 11.3. The SMILES string of the molecule is CC[C@@H](C)Oc1ccc(-c2c3nc(c(C#Cc4ccncc4)c4ccc([nH]4)c(-c4ccc(O[C@H](C)CC)cc4)c4nc(c(C#Cc5ccncc5)c5ccc2[nH]5)C=C4)C=C3)cc1. The van der Waals surface area contributed by atoms with Gasteiger partial charge in [0.2, 0.25) is 0 Å². The molecule has 7 aromatic rings. The van der Waals surface area contributed by atoms with Crippen LogP contribution in [0.5, 0.6) is 11.5 Å². The zero-order valence-corrected chi connectivity index (χ0v) is 35.0. The highest BCUT2D eigenvalue weighted by atomic mass is 16.5. The summed E-state index contributed by atoms with van der Waals surface area (Å²) in [5.41, 5.74) is 13.5. The predicted molar refractivity (Wildman–Crippen MR) is 251 cm³/mol. The lowest BCUT2D eigenvalue weighted by molar-refractivity contribution is 0.217. The molecule has 0 aliphatic carbocycles. The molecule has 62 heavy (non-hydrogen) atoms. The largest absolute Gasteiger partial charge is 0.491 e. The van der Waals surface area contributed by atoms with Crippen molar-refractivity contribution < 1.29 is 9.47 Å². The van der Waals surface area contributed by atoms with Crippen molar-refractivity contribution >= 4 is 46.4 Å². The number of ether oxygens (including phenoxy) is 2. The summed E-state index contributed by atoms with van der Waals surface area (Å²) in [4.78, 5) is 26.5. The van der Waals surface area contributed by atoms with Crippen LogP contribution in [0.4, 0.5) is 0 Å². The smallest absolute Gasteiger partial charge is 0.119 e. The average molecular weight is 809 g/mol. The summed E-state index contributed by atoms with van der Waals surface area (Å²) in [6.45, 7) is 8.40. The second kappa shape index (κ2) is 17.7. The van der Waals surface area contributed by atoms with Gasteiger partial charge < -0.3 is 19.4 Å². The molecule has 2 aromatic carbocycles. The minimum atomic E-state index is 0.105. The summed E-state index contributed by atoms with van der Waals surface area (Å²) >= 11 is 0. The number of hydrogen-bond donors (Lipinski definition) is 2. The van der Waals surface area contributed by atoms with E-state index in [0.717, 1.165) is 114 Å². The summed E-state index contributed by atoms with van der Waals surface area (Å²) in [6.07, 6.45) is 17.2. The molecule has 7 heterocycles. The Morgan fingerprint density at radius 1 is 0.452 bits per heavy atom. The van der Waals surface area contributed by atoms with Crippen LogP contribution in [-0.4, -0.2) is 42.1 Å². The number of nitrogens with one attached hydrogen (secondary N) is 2. The van der Waals surface area contributed by atoms with Gasteiger partial charge in [0, 0.05) is 58.1 Å². The predicted octanol–water partition coefficient (Wildman–Crippen LogP) is 11.9. The molecule has 0 radical (unpaired) electrons. The van der Waals surface area contributed by atoms with E-state index < -0.39 is 0 Å². The van der Waals surface area contributed by atoms with Crippen molar-refractivity contribution in [3.05, 3.63) is 167 Å². The summed E-state index contributed by atoms with van der Waals surface area (Å²) in [5, 5.41) is 0. The molecule has 8 bridgehead atoms. The Morgan fingerprint density at radius 2 is 0.823 bits per heavy atom. The van der Waals surface area contributed by atoms with Crippen LogP contribution in [0.25, 0.3) is 68.6 Å². The van der Waals surface area contributed by atoms with Gasteiger partial charge in [-0.3, -0.25) is 9.97 Å². The van der Waals surface area contributed by atoms with Crippen LogP contribution in [0.15, 0.2) is 122 Å². The van der Waals surface area contributed by atoms with Crippen LogP contribution in [-0.2, 0) is 0 Å². The minimum Gasteiger partial charge on any atom is -0.491 e. The third kappa shape index (κ3) is 8.54. The molecule has 0 saturated heterocycles. The molecule has 2 atom stereocenters. The van der Waals surface area contributed by atoms with Crippen LogP contribution in [0, 0.1) is 23.7 Å². The first-order valence-electron chi connectivity index (χ1n) is 21.0. The fourth-order valence-electron chi connectivity index (χ4n) is 7.25. The van der Waals surface area contributed by atoms with Crippen LogP contribution >= 0.6 is 0 Å². The first-order chi connectivity index (χ1) is 30.4. The van der Waals surface area contributed by atoms with Gasteiger partial charge in [-0.05, 0) is 135 Å². The van der Waals surface area contributed by atoms with Gasteiger partial charge in [0.1, 0.15) is 11.5 Å². The van der Waals surface area contributed by atoms with Crippen LogP contribution in [0.1, 0.15) is 85.6 Å². The third-order valence-corrected chi connectivity index (χ3v) is 10.9. The lowest BCUT2D eigenvalue weighted by Gasteiger charge is -2.13. The molecule has 0 amide bonds. The second-order valence-corrected chi connectivity index (χ2v) is 15.2. The zero-order valence-electron chi connectivity index (χ0n) is 35.0. The maximum atomic E-state index is 6.17. The van der Waals surface area contributed by atoms with Gasteiger partial charge in [0.25, 0.3) is 0 Å². The van der Waals surface area contributed by atoms with E-state index in [2.05, 4.69) is 132 Å². The van der Waals surface area contributed by atoms with E-state index in [4.69, 9.17) is 19.4 Å². The molecule has 0 spiro atoms. The number of H-pyrrole nitrogens is 2. The summed E-state index contributed by atoms with van der Waals surface area (Å²) in [7, 11) is 0. The van der Waals surface area contributed by atoms with Gasteiger partial charge in [0.15, 0.2) is 0 Å². The Bertz CT molecular complexity index is 2910. The second-order valence-electron chi connectivity index (χ2n) is 15.2. The van der Waals surface area contributed by atoms with Gasteiger partial charge in [-0.2, -0.15) is 0 Å². The number of nitrogens with zero attached hydrogens (tertiary/aromatic N) is 4. The van der Waals surface area contributed by atoms with Gasteiger partial charge in [-0.15, -0.1) is 0 Å². The normalized spacial score (nSPS) is 12.5. The molecular formula is C54H44N6O2. The minimum absolute atomic E-state index is 0.105. The Morgan fingerprint density at radius 3 is 1.21 bits per heavy atom. The number of aromatic amines is 2. The van der Waals surface area contributed by atoms with Gasteiger partial charge in [-0.1, -0.05) is 61.8 Å². The first-order valence-corrected chi connectivity index (χ1v) is 21.0. The monoisotopic (exact) mass is 808 g/mol. The maximum Gasteiger partial charge on any atom is 0.119 e. The Hall–Kier alpha value is -7.94. The average Bonchev–Trinajstić information content (AvgIpc) is 4.16. The highest BCUT2D eigenvalue weighted by molar-refractivity contribution is 5.95. The lowest BCUT2D eigenvalue weighted by Crippen LogP contribution is -2.09. The molecule has 2 aliphatic rings. The number of rotatable bonds is 8. The number of aromatic nitrogens is 6. The zero-order chi connectivity index (χ0) is 42.4. The molecular weight excluding hydrogens is 765 g/mol. The summed E-state index contributed by atoms with van der Waals surface area (Å²) < 4.78 is 12.3. The van der Waals surface area contributed by atoms with E-state index in [9.17, 15) is 0 Å². The Balaban J connectivity index is 1.35. The highest BCUT2D eigenvalue weighted by Gasteiger charge is 2.18. The van der Waals surface area contributed by atoms with E-state index in [0.29, 0.717) is 0 Å². The van der Waals surface area contributed by atoms with Gasteiger partial charge in [0.05, 0.1) is 57.1 Å². The van der Waals surface area contributed by atoms with Crippen molar-refractivity contribution in [2.75, 3.05) is 0 Å².